The molecule has 0 bridgehead atoms. The number of carbonyl (C=O) groups is 2. The van der Waals surface area contributed by atoms with Crippen LogP contribution in [0.2, 0.25) is 0 Å². The number of amides is 1. The highest BCUT2D eigenvalue weighted by Gasteiger charge is 2.28. The van der Waals surface area contributed by atoms with Gasteiger partial charge in [-0.25, -0.2) is 4.39 Å². The van der Waals surface area contributed by atoms with Gasteiger partial charge in [-0.05, 0) is 12.1 Å². The van der Waals surface area contributed by atoms with E-state index in [0.29, 0.717) is 5.69 Å². The monoisotopic (exact) mass is 209 g/mol. The zero-order valence-corrected chi connectivity index (χ0v) is 7.74. The van der Waals surface area contributed by atoms with Crippen molar-refractivity contribution in [1.82, 2.24) is 0 Å². The lowest BCUT2D eigenvalue weighted by atomic mass is 10.2. The van der Waals surface area contributed by atoms with Crippen molar-refractivity contribution in [1.29, 1.82) is 0 Å². The maximum absolute atomic E-state index is 13.0. The van der Waals surface area contributed by atoms with Gasteiger partial charge in [0.15, 0.2) is 17.3 Å². The molecular formula is C10H8FNO3. The molecule has 5 heteroatoms. The number of phenolic OH excluding ortho intramolecular Hbond substituents is 1. The molecule has 2 rings (SSSR count). The number of hydrogen-bond donors (Lipinski definition) is 1. The smallest absolute Gasteiger partial charge is 0.234 e. The van der Waals surface area contributed by atoms with Crippen LogP contribution >= 0.6 is 0 Å². The fraction of sp³-hybridized carbons (Fsp3) is 0.200. The molecule has 0 aliphatic carbocycles. The first-order valence-electron chi connectivity index (χ1n) is 4.38. The van der Waals surface area contributed by atoms with Gasteiger partial charge in [-0.1, -0.05) is 0 Å². The third-order valence-corrected chi connectivity index (χ3v) is 2.23. The number of Topliss-reactive ketones (excluding diaryl/α,β-unsaturated/α-hetero) is 1. The van der Waals surface area contributed by atoms with E-state index in [1.54, 1.807) is 0 Å². The third-order valence-electron chi connectivity index (χ3n) is 2.23. The van der Waals surface area contributed by atoms with Crippen molar-refractivity contribution in [3.8, 4) is 5.75 Å². The Labute approximate surface area is 84.9 Å². The van der Waals surface area contributed by atoms with Gasteiger partial charge in [0, 0.05) is 11.8 Å². The summed E-state index contributed by atoms with van der Waals surface area (Å²) in [5.41, 5.74) is 0.293. The average Bonchev–Trinajstić information content (AvgIpc) is 2.50. The number of benzene rings is 1. The van der Waals surface area contributed by atoms with E-state index in [-0.39, 0.29) is 24.7 Å². The Kier molecular flexibility index (Phi) is 2.15. The summed E-state index contributed by atoms with van der Waals surface area (Å²) in [5, 5.41) is 8.96. The number of ketones is 1. The minimum Gasteiger partial charge on any atom is -0.505 e. The quantitative estimate of drug-likeness (QED) is 0.697. The summed E-state index contributed by atoms with van der Waals surface area (Å²) in [6.45, 7) is -0.0248. The number of anilines is 1. The second-order valence-corrected chi connectivity index (χ2v) is 3.33. The minimum absolute atomic E-state index is 0.0248. The van der Waals surface area contributed by atoms with E-state index in [0.717, 1.165) is 12.1 Å². The van der Waals surface area contributed by atoms with Crippen LogP contribution in [0.25, 0.3) is 0 Å². The van der Waals surface area contributed by atoms with Crippen molar-refractivity contribution in [3.63, 3.8) is 0 Å². The maximum atomic E-state index is 13.0. The molecule has 1 saturated heterocycles. The van der Waals surface area contributed by atoms with Gasteiger partial charge in [-0.15, -0.1) is 0 Å². The number of halogens is 1. The van der Waals surface area contributed by atoms with E-state index >= 15 is 0 Å². The molecule has 0 aromatic heterocycles. The summed E-state index contributed by atoms with van der Waals surface area (Å²) < 4.78 is 13.0. The van der Waals surface area contributed by atoms with Crippen LogP contribution < -0.4 is 4.90 Å². The van der Waals surface area contributed by atoms with Crippen LogP contribution in [0.15, 0.2) is 18.2 Å². The fourth-order valence-corrected chi connectivity index (χ4v) is 1.48. The molecule has 15 heavy (non-hydrogen) atoms. The fourth-order valence-electron chi connectivity index (χ4n) is 1.48. The summed E-state index contributed by atoms with van der Waals surface area (Å²) in [5.74, 6) is -1.81. The van der Waals surface area contributed by atoms with Crippen molar-refractivity contribution in [3.05, 3.63) is 24.0 Å². The zero-order valence-electron chi connectivity index (χ0n) is 7.74. The molecule has 1 aliphatic rings. The lowest BCUT2D eigenvalue weighted by Crippen LogP contribution is -2.24. The van der Waals surface area contributed by atoms with Crippen molar-refractivity contribution in [2.24, 2.45) is 0 Å². The molecule has 4 nitrogen and oxygen atoms in total. The Hall–Kier alpha value is -1.91. The van der Waals surface area contributed by atoms with E-state index < -0.39 is 11.6 Å². The third kappa shape index (κ3) is 1.68. The summed E-state index contributed by atoms with van der Waals surface area (Å²) >= 11 is 0. The first-order valence-corrected chi connectivity index (χ1v) is 4.38. The molecule has 1 heterocycles. The number of nitrogens with zero attached hydrogens (tertiary/aromatic N) is 1. The van der Waals surface area contributed by atoms with Crippen LogP contribution in [0, 0.1) is 5.82 Å². The van der Waals surface area contributed by atoms with Gasteiger partial charge in [-0.3, -0.25) is 9.59 Å². The Morgan fingerprint density at radius 2 is 2.07 bits per heavy atom. The average molecular weight is 209 g/mol. The molecule has 0 radical (unpaired) electrons. The van der Waals surface area contributed by atoms with Gasteiger partial charge in [0.1, 0.15) is 0 Å². The van der Waals surface area contributed by atoms with E-state index in [9.17, 15) is 14.0 Å². The molecule has 0 atom stereocenters. The minimum atomic E-state index is -0.806. The van der Waals surface area contributed by atoms with Crippen LogP contribution in [0.5, 0.6) is 5.75 Å². The second-order valence-electron chi connectivity index (χ2n) is 3.33. The molecule has 0 unspecified atom stereocenters. The number of carbonyl (C=O) groups excluding carboxylic acids is 2. The van der Waals surface area contributed by atoms with Gasteiger partial charge in [0.05, 0.1) is 13.0 Å². The van der Waals surface area contributed by atoms with Gasteiger partial charge in [0.2, 0.25) is 5.91 Å². The number of rotatable bonds is 1. The highest BCUT2D eigenvalue weighted by molar-refractivity contribution is 6.15. The van der Waals surface area contributed by atoms with E-state index in [1.165, 1.54) is 11.0 Å². The van der Waals surface area contributed by atoms with Crippen molar-refractivity contribution in [2.45, 2.75) is 6.42 Å². The Bertz CT molecular complexity index is 444. The first kappa shape index (κ1) is 9.64. The van der Waals surface area contributed by atoms with Gasteiger partial charge < -0.3 is 10.0 Å². The SMILES string of the molecule is O=C1CC(=O)N(c2ccc(O)c(F)c2)C1. The lowest BCUT2D eigenvalue weighted by molar-refractivity contribution is -0.121. The zero-order chi connectivity index (χ0) is 11.0. The normalized spacial score (nSPS) is 16.2. The molecule has 1 fully saturated rings. The van der Waals surface area contributed by atoms with Crippen LogP contribution in [0.4, 0.5) is 10.1 Å². The van der Waals surface area contributed by atoms with Crippen molar-refractivity contribution >= 4 is 17.4 Å². The predicted octanol–water partition coefficient (Wildman–Crippen LogP) is 0.837. The highest BCUT2D eigenvalue weighted by atomic mass is 19.1. The molecule has 78 valence electrons. The second kappa shape index (κ2) is 3.34. The molecule has 0 saturated carbocycles. The Balaban J connectivity index is 2.34. The number of hydrogen-bond acceptors (Lipinski definition) is 3. The van der Waals surface area contributed by atoms with E-state index in [4.69, 9.17) is 5.11 Å². The van der Waals surface area contributed by atoms with Crippen LogP contribution in [-0.2, 0) is 9.59 Å². The predicted molar refractivity (Wildman–Crippen MR) is 50.0 cm³/mol. The molecule has 1 aliphatic heterocycles. The summed E-state index contributed by atoms with van der Waals surface area (Å²) in [6.07, 6.45) is -0.136. The molecule has 1 amide bonds. The molecule has 0 spiro atoms. The van der Waals surface area contributed by atoms with Gasteiger partial charge in [-0.2, -0.15) is 0 Å². The van der Waals surface area contributed by atoms with Gasteiger partial charge >= 0.3 is 0 Å². The van der Waals surface area contributed by atoms with E-state index in [2.05, 4.69) is 0 Å². The lowest BCUT2D eigenvalue weighted by Gasteiger charge is -2.14. The maximum Gasteiger partial charge on any atom is 0.234 e. The number of aromatic hydroxyl groups is 1. The van der Waals surface area contributed by atoms with Crippen LogP contribution in [-0.4, -0.2) is 23.3 Å². The molecule has 1 aromatic rings. The molecule has 1 N–H and O–H groups in total. The first-order chi connectivity index (χ1) is 7.08. The van der Waals surface area contributed by atoms with E-state index in [1.807, 2.05) is 0 Å². The number of phenols is 1. The Morgan fingerprint density at radius 3 is 2.60 bits per heavy atom. The molecule has 1 aromatic carbocycles. The van der Waals surface area contributed by atoms with Crippen molar-refractivity contribution < 1.29 is 19.1 Å². The summed E-state index contributed by atoms with van der Waals surface area (Å²) in [6, 6.07) is 3.58. The van der Waals surface area contributed by atoms with Crippen LogP contribution in [0.3, 0.4) is 0 Å². The van der Waals surface area contributed by atoms with Crippen molar-refractivity contribution in [2.75, 3.05) is 11.4 Å². The summed E-state index contributed by atoms with van der Waals surface area (Å²) in [7, 11) is 0. The highest BCUT2D eigenvalue weighted by Crippen LogP contribution is 2.25. The topological polar surface area (TPSA) is 57.6 Å². The summed E-state index contributed by atoms with van der Waals surface area (Å²) in [4.78, 5) is 23.5. The Morgan fingerprint density at radius 1 is 1.33 bits per heavy atom. The molecular weight excluding hydrogens is 201 g/mol. The standard InChI is InChI=1S/C10H8FNO3/c11-8-3-6(1-2-9(8)14)12-5-7(13)4-10(12)15/h1-3,14H,4-5H2. The van der Waals surface area contributed by atoms with Crippen LogP contribution in [0.1, 0.15) is 6.42 Å². The largest absolute Gasteiger partial charge is 0.505 e. The van der Waals surface area contributed by atoms with Gasteiger partial charge in [0.25, 0.3) is 0 Å².